The second kappa shape index (κ2) is 12.4. The van der Waals surface area contributed by atoms with Crippen LogP contribution in [0.3, 0.4) is 0 Å². The Kier molecular flexibility index (Phi) is 13.7. The number of isocyanates is 1. The number of rotatable bonds is 8. The predicted octanol–water partition coefficient (Wildman–Crippen LogP) is 3.33. The van der Waals surface area contributed by atoms with Gasteiger partial charge in [-0.3, -0.25) is 4.79 Å². The van der Waals surface area contributed by atoms with Gasteiger partial charge in [0, 0.05) is 0 Å². The lowest BCUT2D eigenvalue weighted by Crippen LogP contribution is -2.50. The van der Waals surface area contributed by atoms with E-state index in [0.29, 0.717) is 6.08 Å². The topological polar surface area (TPSA) is 39.4 Å². The van der Waals surface area contributed by atoms with E-state index in [1.807, 2.05) is 0 Å². The van der Waals surface area contributed by atoms with Crippen LogP contribution in [0.15, 0.2) is 0 Å². The van der Waals surface area contributed by atoms with Crippen LogP contribution in [0, 0.1) is 0 Å². The van der Waals surface area contributed by atoms with Crippen molar-refractivity contribution >= 4 is 6.08 Å². The molecule has 0 amide bonds. The fourth-order valence-corrected chi connectivity index (χ4v) is 2.57. The van der Waals surface area contributed by atoms with Crippen molar-refractivity contribution in [2.45, 2.75) is 53.4 Å². The van der Waals surface area contributed by atoms with Crippen molar-refractivity contribution in [2.24, 2.45) is 0 Å². The summed E-state index contributed by atoms with van der Waals surface area (Å²) < 4.78 is 1.38. The number of quaternary nitrogens is 1. The fourth-order valence-electron chi connectivity index (χ4n) is 2.57. The van der Waals surface area contributed by atoms with Gasteiger partial charge in [0.15, 0.2) is 0 Å². The van der Waals surface area contributed by atoms with Gasteiger partial charge in [0.25, 0.3) is 0 Å². The zero-order chi connectivity index (χ0) is 12.9. The predicted molar refractivity (Wildman–Crippen MR) is 69.9 cm³/mol. The highest BCUT2D eigenvalue weighted by Crippen LogP contribution is 2.12. The van der Waals surface area contributed by atoms with Crippen LogP contribution in [0.2, 0.25) is 0 Å². The van der Waals surface area contributed by atoms with Crippen molar-refractivity contribution in [3.8, 4) is 0 Å². The monoisotopic (exact) mass is 228 g/mol. The summed E-state index contributed by atoms with van der Waals surface area (Å²) in [6.07, 6.45) is 5.83. The first-order chi connectivity index (χ1) is 7.66. The molecule has 0 aliphatic rings. The van der Waals surface area contributed by atoms with Crippen molar-refractivity contribution in [3.63, 3.8) is 0 Å². The van der Waals surface area contributed by atoms with E-state index >= 15 is 0 Å². The van der Waals surface area contributed by atoms with Crippen LogP contribution in [0.1, 0.15) is 53.4 Å². The van der Waals surface area contributed by atoms with Crippen molar-refractivity contribution in [2.75, 3.05) is 26.2 Å². The van der Waals surface area contributed by atoms with Crippen LogP contribution in [-0.4, -0.2) is 36.7 Å². The zero-order valence-corrected chi connectivity index (χ0v) is 11.5. The summed E-state index contributed by atoms with van der Waals surface area (Å²) in [4.78, 5) is 8.24. The molecule has 0 saturated carbocycles. The molecule has 0 atom stereocenters. The van der Waals surface area contributed by atoms with Crippen LogP contribution in [0.5, 0.6) is 0 Å². The van der Waals surface area contributed by atoms with Gasteiger partial charge >= 0.3 is 0 Å². The maximum Gasteiger partial charge on any atom is 0.0783 e. The van der Waals surface area contributed by atoms with E-state index in [4.69, 9.17) is 10.2 Å². The van der Waals surface area contributed by atoms with Gasteiger partial charge < -0.3 is 9.89 Å². The molecular weight excluding hydrogens is 200 g/mol. The van der Waals surface area contributed by atoms with E-state index in [-0.39, 0.29) is 0 Å². The molecule has 0 N–H and O–H groups in total. The molecular formula is C13H28N2O. The first-order valence-electron chi connectivity index (χ1n) is 6.52. The lowest BCUT2D eigenvalue weighted by Gasteiger charge is -2.38. The molecule has 0 spiro atoms. The first kappa shape index (κ1) is 17.7. The minimum absolute atomic E-state index is 0.500. The van der Waals surface area contributed by atoms with Crippen LogP contribution in [0.25, 0.3) is 5.41 Å². The number of hydrogen-bond donors (Lipinski definition) is 0. The van der Waals surface area contributed by atoms with Crippen LogP contribution in [-0.2, 0) is 4.79 Å². The fraction of sp³-hybridized carbons (Fsp3) is 0.923. The van der Waals surface area contributed by atoms with Gasteiger partial charge in [-0.2, -0.15) is 0 Å². The van der Waals surface area contributed by atoms with Gasteiger partial charge in [0.05, 0.1) is 26.2 Å². The van der Waals surface area contributed by atoms with Gasteiger partial charge in [-0.05, 0) is 31.8 Å². The molecule has 16 heavy (non-hydrogen) atoms. The van der Waals surface area contributed by atoms with Gasteiger partial charge in [0.1, 0.15) is 0 Å². The van der Waals surface area contributed by atoms with E-state index < -0.39 is 0 Å². The molecule has 0 aliphatic carbocycles. The minimum Gasteiger partial charge on any atom is -0.724 e. The van der Waals surface area contributed by atoms with Gasteiger partial charge in [-0.15, -0.1) is 0 Å². The lowest BCUT2D eigenvalue weighted by molar-refractivity contribution is -0.928. The highest BCUT2D eigenvalue weighted by molar-refractivity contribution is 5.36. The third-order valence-electron chi connectivity index (χ3n) is 2.79. The van der Waals surface area contributed by atoms with Crippen molar-refractivity contribution in [1.82, 2.24) is 0 Å². The highest BCUT2D eigenvalue weighted by atomic mass is 16.1. The molecule has 0 radical (unpaired) electrons. The Morgan fingerprint density at radius 2 is 1.00 bits per heavy atom. The highest BCUT2D eigenvalue weighted by Gasteiger charge is 2.22. The van der Waals surface area contributed by atoms with E-state index in [1.54, 1.807) is 0 Å². The van der Waals surface area contributed by atoms with Crippen molar-refractivity contribution in [1.29, 1.82) is 0 Å². The third-order valence-corrected chi connectivity index (χ3v) is 2.79. The zero-order valence-electron chi connectivity index (χ0n) is 11.5. The SMILES string of the molecule is CCC[N+](CCC)(CCC)CCC.[N-]=C=O. The molecule has 0 fully saturated rings. The number of nitrogens with zero attached hydrogens (tertiary/aromatic N) is 2. The van der Waals surface area contributed by atoms with E-state index in [1.165, 1.54) is 56.3 Å². The van der Waals surface area contributed by atoms with Crippen LogP contribution < -0.4 is 0 Å². The standard InChI is InChI=1S/C12H28N.CNO/c1-5-9-13(10-6-2,11-7-3)12-8-4;2-1-3/h5-12H2,1-4H3;/q+1;-1. The van der Waals surface area contributed by atoms with Crippen LogP contribution >= 0.6 is 0 Å². The second-order valence-electron chi connectivity index (χ2n) is 4.33. The summed E-state index contributed by atoms with van der Waals surface area (Å²) >= 11 is 0. The smallest absolute Gasteiger partial charge is 0.0783 e. The summed E-state index contributed by atoms with van der Waals surface area (Å²) in [5, 5.41) is 6.76. The molecule has 0 rings (SSSR count). The molecule has 0 aromatic carbocycles. The Hall–Kier alpha value is -0.660. The Morgan fingerprint density at radius 3 is 1.12 bits per heavy atom. The number of carbonyl (C=O) groups excluding carboxylic acids is 1. The summed E-state index contributed by atoms with van der Waals surface area (Å²) in [7, 11) is 0. The summed E-state index contributed by atoms with van der Waals surface area (Å²) in [6, 6.07) is 0. The van der Waals surface area contributed by atoms with Gasteiger partial charge in [0.2, 0.25) is 0 Å². The molecule has 0 aromatic rings. The summed E-state index contributed by atoms with van der Waals surface area (Å²) in [5.41, 5.74) is 0. The largest absolute Gasteiger partial charge is 0.724 e. The molecule has 0 unspecified atom stereocenters. The van der Waals surface area contributed by atoms with Crippen LogP contribution in [0.4, 0.5) is 0 Å². The molecule has 0 aromatic heterocycles. The molecule has 3 heteroatoms. The molecule has 0 saturated heterocycles. The summed E-state index contributed by atoms with van der Waals surface area (Å²) in [6.45, 7) is 14.8. The Balaban J connectivity index is 0. The molecule has 3 nitrogen and oxygen atoms in total. The Bertz CT molecular complexity index is 145. The van der Waals surface area contributed by atoms with Gasteiger partial charge in [-0.25, -0.2) is 0 Å². The normalized spacial score (nSPS) is 10.2. The van der Waals surface area contributed by atoms with Crippen molar-refractivity contribution in [3.05, 3.63) is 5.41 Å². The van der Waals surface area contributed by atoms with E-state index in [9.17, 15) is 0 Å². The maximum absolute atomic E-state index is 8.24. The van der Waals surface area contributed by atoms with Gasteiger partial charge in [-0.1, -0.05) is 27.7 Å². The second-order valence-corrected chi connectivity index (χ2v) is 4.33. The van der Waals surface area contributed by atoms with Crippen molar-refractivity contribution < 1.29 is 9.28 Å². The third kappa shape index (κ3) is 8.63. The van der Waals surface area contributed by atoms with E-state index in [2.05, 4.69) is 27.7 Å². The number of hydrogen-bond acceptors (Lipinski definition) is 1. The minimum atomic E-state index is 0.500. The molecule has 0 heterocycles. The Morgan fingerprint density at radius 1 is 0.812 bits per heavy atom. The summed E-state index contributed by atoms with van der Waals surface area (Å²) in [5.74, 6) is 0. The van der Waals surface area contributed by atoms with E-state index in [0.717, 1.165) is 0 Å². The molecule has 0 bridgehead atoms. The maximum atomic E-state index is 8.24. The molecule has 0 aliphatic heterocycles. The first-order valence-corrected chi connectivity index (χ1v) is 6.52. The average molecular weight is 228 g/mol. The lowest BCUT2D eigenvalue weighted by atomic mass is 10.2. The average Bonchev–Trinajstić information content (AvgIpc) is 2.20. The quantitative estimate of drug-likeness (QED) is 0.357. The Labute approximate surface area is 101 Å². The molecule has 96 valence electrons.